The number of carbonyl (C=O) groups is 2. The first-order valence-electron chi connectivity index (χ1n) is 25.7. The molecule has 0 spiro atoms. The molecule has 0 amide bonds. The van der Waals surface area contributed by atoms with Gasteiger partial charge in [-0.05, 0) is 77.0 Å². The van der Waals surface area contributed by atoms with Crippen LogP contribution >= 0.6 is 0 Å². The molecule has 4 N–H and O–H groups in total. The zero-order valence-corrected chi connectivity index (χ0v) is 40.1. The van der Waals surface area contributed by atoms with Crippen molar-refractivity contribution in [1.29, 1.82) is 0 Å². The second kappa shape index (κ2) is 43.5. The molecule has 2 unspecified atom stereocenters. The molecular formula is C53H94O10. The first-order valence-corrected chi connectivity index (χ1v) is 25.7. The van der Waals surface area contributed by atoms with Crippen LogP contribution in [0.5, 0.6) is 0 Å². The van der Waals surface area contributed by atoms with Gasteiger partial charge in [-0.15, -0.1) is 0 Å². The van der Waals surface area contributed by atoms with Crippen LogP contribution in [0.3, 0.4) is 0 Å². The van der Waals surface area contributed by atoms with Crippen molar-refractivity contribution in [3.05, 3.63) is 48.6 Å². The van der Waals surface area contributed by atoms with E-state index in [4.69, 9.17) is 18.9 Å². The molecule has 6 atom stereocenters. The van der Waals surface area contributed by atoms with Crippen molar-refractivity contribution in [2.75, 3.05) is 19.8 Å². The molecule has 1 heterocycles. The Labute approximate surface area is 384 Å². The van der Waals surface area contributed by atoms with Crippen molar-refractivity contribution in [2.45, 2.75) is 256 Å². The number of unbranched alkanes of at least 4 members (excludes halogenated alkanes) is 24. The third-order valence-electron chi connectivity index (χ3n) is 11.7. The zero-order chi connectivity index (χ0) is 45.9. The van der Waals surface area contributed by atoms with Crippen molar-refractivity contribution in [2.24, 2.45) is 0 Å². The van der Waals surface area contributed by atoms with Crippen LogP contribution < -0.4 is 0 Å². The number of esters is 2. The summed E-state index contributed by atoms with van der Waals surface area (Å²) in [5, 5.41) is 40.2. The minimum atomic E-state index is -1.61. The van der Waals surface area contributed by atoms with E-state index >= 15 is 0 Å². The Bertz CT molecular complexity index is 1170. The highest BCUT2D eigenvalue weighted by molar-refractivity contribution is 5.70. The highest BCUT2D eigenvalue weighted by Crippen LogP contribution is 2.23. The predicted molar refractivity (Wildman–Crippen MR) is 256 cm³/mol. The molecule has 0 aliphatic carbocycles. The Kier molecular flexibility index (Phi) is 40.6. The lowest BCUT2D eigenvalue weighted by Gasteiger charge is -2.39. The van der Waals surface area contributed by atoms with Crippen LogP contribution in [0, 0.1) is 0 Å². The molecule has 10 heteroatoms. The third-order valence-corrected chi connectivity index (χ3v) is 11.7. The average molecular weight is 891 g/mol. The quantitative estimate of drug-likeness (QED) is 0.0264. The van der Waals surface area contributed by atoms with Crippen LogP contribution in [0.4, 0.5) is 0 Å². The Hall–Kier alpha value is -2.34. The molecule has 0 bridgehead atoms. The predicted octanol–water partition coefficient (Wildman–Crippen LogP) is 12.0. The molecule has 366 valence electrons. The molecule has 1 rings (SSSR count). The minimum Gasteiger partial charge on any atom is -0.462 e. The first-order chi connectivity index (χ1) is 30.8. The summed E-state index contributed by atoms with van der Waals surface area (Å²) in [7, 11) is 0. The maximum absolute atomic E-state index is 12.8. The van der Waals surface area contributed by atoms with Crippen LogP contribution in [0.1, 0.15) is 219 Å². The van der Waals surface area contributed by atoms with Crippen molar-refractivity contribution >= 4 is 11.9 Å². The van der Waals surface area contributed by atoms with Gasteiger partial charge in [-0.3, -0.25) is 9.59 Å². The minimum absolute atomic E-state index is 0.163. The summed E-state index contributed by atoms with van der Waals surface area (Å²) in [6.45, 7) is 3.37. The number of carbonyl (C=O) groups excluding carboxylic acids is 2. The van der Waals surface area contributed by atoms with Crippen LogP contribution in [-0.4, -0.2) is 89.0 Å². The lowest BCUT2D eigenvalue weighted by atomic mass is 9.99. The number of rotatable bonds is 43. The maximum atomic E-state index is 12.8. The zero-order valence-electron chi connectivity index (χ0n) is 40.1. The van der Waals surface area contributed by atoms with E-state index < -0.39 is 55.4 Å². The van der Waals surface area contributed by atoms with Gasteiger partial charge in [0.05, 0.1) is 13.2 Å². The fourth-order valence-electron chi connectivity index (χ4n) is 7.59. The van der Waals surface area contributed by atoms with E-state index in [1.54, 1.807) is 0 Å². The van der Waals surface area contributed by atoms with E-state index in [9.17, 15) is 30.0 Å². The van der Waals surface area contributed by atoms with Crippen LogP contribution in [0.25, 0.3) is 0 Å². The van der Waals surface area contributed by atoms with Gasteiger partial charge in [-0.25, -0.2) is 0 Å². The van der Waals surface area contributed by atoms with E-state index in [0.29, 0.717) is 12.8 Å². The largest absolute Gasteiger partial charge is 0.462 e. The first kappa shape index (κ1) is 58.7. The SMILES string of the molecule is CCCCCCCC/C=C/C/C=C/CCCCC(=O)OC[C@H](CO[C@@H]1O[C@H](CO)[C@H](O)C(O)C1O)OC(=O)CCC/C=C/CC/C=C/CCCCCCCCCCCCCCCC. The molecule has 0 radical (unpaired) electrons. The van der Waals surface area contributed by atoms with E-state index in [1.165, 1.54) is 128 Å². The van der Waals surface area contributed by atoms with Gasteiger partial charge in [-0.2, -0.15) is 0 Å². The molecule has 1 saturated heterocycles. The molecule has 0 aromatic carbocycles. The van der Waals surface area contributed by atoms with Crippen LogP contribution in [-0.2, 0) is 28.5 Å². The summed E-state index contributed by atoms with van der Waals surface area (Å²) in [6, 6.07) is 0. The van der Waals surface area contributed by atoms with Gasteiger partial charge in [0.2, 0.25) is 0 Å². The summed E-state index contributed by atoms with van der Waals surface area (Å²) in [6.07, 6.45) is 45.7. The summed E-state index contributed by atoms with van der Waals surface area (Å²) in [5.74, 6) is -0.891. The number of allylic oxidation sites excluding steroid dienone is 8. The van der Waals surface area contributed by atoms with Crippen molar-refractivity contribution < 1.29 is 49.0 Å². The van der Waals surface area contributed by atoms with E-state index in [2.05, 4.69) is 62.5 Å². The summed E-state index contributed by atoms with van der Waals surface area (Å²) in [4.78, 5) is 25.4. The highest BCUT2D eigenvalue weighted by atomic mass is 16.7. The Morgan fingerprint density at radius 3 is 1.43 bits per heavy atom. The molecule has 0 saturated carbocycles. The van der Waals surface area contributed by atoms with Gasteiger partial charge >= 0.3 is 11.9 Å². The molecule has 10 nitrogen and oxygen atoms in total. The maximum Gasteiger partial charge on any atom is 0.306 e. The lowest BCUT2D eigenvalue weighted by Crippen LogP contribution is -2.59. The van der Waals surface area contributed by atoms with Crippen LogP contribution in [0.15, 0.2) is 48.6 Å². The fraction of sp³-hybridized carbons (Fsp3) is 0.811. The number of hydrogen-bond donors (Lipinski definition) is 4. The van der Waals surface area contributed by atoms with E-state index in [0.717, 1.165) is 51.4 Å². The van der Waals surface area contributed by atoms with Crippen molar-refractivity contribution in [3.8, 4) is 0 Å². The normalized spacial score (nSPS) is 19.9. The highest BCUT2D eigenvalue weighted by Gasteiger charge is 2.44. The number of ether oxygens (including phenoxy) is 4. The van der Waals surface area contributed by atoms with Gasteiger partial charge in [0.25, 0.3) is 0 Å². The fourth-order valence-corrected chi connectivity index (χ4v) is 7.59. The Balaban J connectivity index is 2.30. The average Bonchev–Trinajstić information content (AvgIpc) is 3.28. The van der Waals surface area contributed by atoms with Gasteiger partial charge in [0, 0.05) is 12.8 Å². The molecule has 1 aliphatic heterocycles. The second-order valence-electron chi connectivity index (χ2n) is 17.6. The van der Waals surface area contributed by atoms with Gasteiger partial charge < -0.3 is 39.4 Å². The molecule has 0 aromatic rings. The molecule has 0 aromatic heterocycles. The molecular weight excluding hydrogens is 797 g/mol. The van der Waals surface area contributed by atoms with E-state index in [1.807, 2.05) is 0 Å². The number of aliphatic hydroxyl groups is 4. The molecule has 1 fully saturated rings. The smallest absolute Gasteiger partial charge is 0.306 e. The Morgan fingerprint density at radius 1 is 0.492 bits per heavy atom. The van der Waals surface area contributed by atoms with Gasteiger partial charge in [0.15, 0.2) is 12.4 Å². The summed E-state index contributed by atoms with van der Waals surface area (Å²) in [5.41, 5.74) is 0. The summed E-state index contributed by atoms with van der Waals surface area (Å²) >= 11 is 0. The van der Waals surface area contributed by atoms with Gasteiger partial charge in [-0.1, -0.05) is 178 Å². The summed E-state index contributed by atoms with van der Waals surface area (Å²) < 4.78 is 22.1. The topological polar surface area (TPSA) is 152 Å². The second-order valence-corrected chi connectivity index (χ2v) is 17.6. The standard InChI is InChI=1S/C53H94O10/c1-3-5-7-9-11-13-15-17-19-20-21-22-23-24-25-26-28-30-32-34-36-38-40-42-49(56)62-46(45-61-53-52(59)51(58)50(57)47(43-54)63-53)44-60-48(55)41-39-37-35-33-31-29-27-18-16-14-12-10-8-6-4-2/h18,26-28,31,33-34,36,46-47,50-54,57-59H,3-17,19-25,29-30,32,35,37-45H2,1-2H3/b27-18+,28-26+,33-31+,36-34+/t46-,47-,50+,51?,52?,53-/m1/s1. The monoisotopic (exact) mass is 891 g/mol. The van der Waals surface area contributed by atoms with Crippen molar-refractivity contribution in [1.82, 2.24) is 0 Å². The lowest BCUT2D eigenvalue weighted by molar-refractivity contribution is -0.305. The number of aliphatic hydroxyl groups excluding tert-OH is 4. The molecule has 63 heavy (non-hydrogen) atoms. The molecule has 1 aliphatic rings. The third kappa shape index (κ3) is 34.6. The van der Waals surface area contributed by atoms with Crippen LogP contribution in [0.2, 0.25) is 0 Å². The van der Waals surface area contributed by atoms with E-state index in [-0.39, 0.29) is 26.1 Å². The van der Waals surface area contributed by atoms with Gasteiger partial charge in [0.1, 0.15) is 31.0 Å². The Morgan fingerprint density at radius 2 is 0.921 bits per heavy atom. The number of hydrogen-bond acceptors (Lipinski definition) is 10. The van der Waals surface area contributed by atoms with Crippen molar-refractivity contribution in [3.63, 3.8) is 0 Å².